The lowest BCUT2D eigenvalue weighted by molar-refractivity contribution is -0.137. The van der Waals surface area contributed by atoms with Crippen LogP contribution in [0.3, 0.4) is 0 Å². The molecule has 0 atom stereocenters. The van der Waals surface area contributed by atoms with Crippen LogP contribution in [0, 0.1) is 11.3 Å². The van der Waals surface area contributed by atoms with Gasteiger partial charge < -0.3 is 0 Å². The Balaban J connectivity index is 3.92. The molecular weight excluding hydrogens is 156 g/mol. The zero-order valence-electron chi connectivity index (χ0n) is 7.42. The van der Waals surface area contributed by atoms with Crippen LogP contribution >= 0.6 is 0 Å². The molecule has 0 rings (SSSR count). The molecule has 68 valence electrons. The molecule has 5 nitrogen and oxygen atoms in total. The summed E-state index contributed by atoms with van der Waals surface area (Å²) in [6.07, 6.45) is -0.111. The SMILES string of the molecule is CCNN(NCC)C(=O)CC#N. The first kappa shape index (κ1) is 10.9. The molecule has 2 N–H and O–H groups in total. The molecular formula is C7H14N4O. The lowest BCUT2D eigenvalue weighted by atomic mass is 10.4. The largest absolute Gasteiger partial charge is 0.271 e. The molecule has 5 heteroatoms. The molecule has 12 heavy (non-hydrogen) atoms. The summed E-state index contributed by atoms with van der Waals surface area (Å²) < 4.78 is 0. The molecule has 1 amide bonds. The van der Waals surface area contributed by atoms with Crippen molar-refractivity contribution in [1.82, 2.24) is 16.0 Å². The second-order valence-electron chi connectivity index (χ2n) is 2.09. The van der Waals surface area contributed by atoms with Gasteiger partial charge >= 0.3 is 0 Å². The fourth-order valence-electron chi connectivity index (χ4n) is 0.695. The minimum Gasteiger partial charge on any atom is -0.271 e. The number of amides is 1. The summed E-state index contributed by atoms with van der Waals surface area (Å²) in [5.41, 5.74) is 5.58. The summed E-state index contributed by atoms with van der Waals surface area (Å²) in [6, 6.07) is 1.79. The third-order valence-corrected chi connectivity index (χ3v) is 1.11. The van der Waals surface area contributed by atoms with E-state index in [0.717, 1.165) is 0 Å². The average Bonchev–Trinajstić information content (AvgIpc) is 2.04. The highest BCUT2D eigenvalue weighted by atomic mass is 16.2. The molecule has 0 radical (unpaired) electrons. The number of hydrogen-bond acceptors (Lipinski definition) is 4. The Morgan fingerprint density at radius 1 is 1.42 bits per heavy atom. The van der Waals surface area contributed by atoms with E-state index in [-0.39, 0.29) is 12.3 Å². The van der Waals surface area contributed by atoms with E-state index in [1.165, 1.54) is 5.12 Å². The van der Waals surface area contributed by atoms with Crippen LogP contribution in [-0.2, 0) is 4.79 Å². The molecule has 0 spiro atoms. The number of hydrazine groups is 2. The number of nitrogens with zero attached hydrogens (tertiary/aromatic N) is 2. The molecule has 0 aromatic heterocycles. The monoisotopic (exact) mass is 170 g/mol. The van der Waals surface area contributed by atoms with E-state index in [4.69, 9.17) is 5.26 Å². The molecule has 0 aliphatic rings. The normalized spacial score (nSPS) is 9.08. The van der Waals surface area contributed by atoms with Gasteiger partial charge in [-0.05, 0) is 0 Å². The first-order valence-electron chi connectivity index (χ1n) is 3.93. The van der Waals surface area contributed by atoms with Gasteiger partial charge in [0.25, 0.3) is 5.91 Å². The Labute approximate surface area is 72.3 Å². The number of hydrogen-bond donors (Lipinski definition) is 2. The summed E-state index contributed by atoms with van der Waals surface area (Å²) in [7, 11) is 0. The van der Waals surface area contributed by atoms with Crippen LogP contribution in [0.4, 0.5) is 0 Å². The van der Waals surface area contributed by atoms with Gasteiger partial charge in [0.2, 0.25) is 0 Å². The van der Waals surface area contributed by atoms with Crippen molar-refractivity contribution in [3.05, 3.63) is 0 Å². The number of nitrogens with one attached hydrogen (secondary N) is 2. The summed E-state index contributed by atoms with van der Waals surface area (Å²) in [6.45, 7) is 5.04. The van der Waals surface area contributed by atoms with Crippen molar-refractivity contribution in [1.29, 1.82) is 5.26 Å². The van der Waals surface area contributed by atoms with Gasteiger partial charge in [-0.15, -0.1) is 0 Å². The van der Waals surface area contributed by atoms with Crippen molar-refractivity contribution in [3.63, 3.8) is 0 Å². The van der Waals surface area contributed by atoms with Crippen LogP contribution in [0.2, 0.25) is 0 Å². The minimum absolute atomic E-state index is 0.111. The number of carbonyl (C=O) groups is 1. The molecule has 0 saturated heterocycles. The molecule has 0 unspecified atom stereocenters. The zero-order valence-corrected chi connectivity index (χ0v) is 7.42. The van der Waals surface area contributed by atoms with Crippen molar-refractivity contribution >= 4 is 5.91 Å². The van der Waals surface area contributed by atoms with Crippen molar-refractivity contribution in [2.75, 3.05) is 13.1 Å². The summed E-state index contributed by atoms with van der Waals surface area (Å²) in [4.78, 5) is 11.1. The minimum atomic E-state index is -0.263. The van der Waals surface area contributed by atoms with Crippen LogP contribution in [0.25, 0.3) is 0 Å². The van der Waals surface area contributed by atoms with E-state index < -0.39 is 0 Å². The van der Waals surface area contributed by atoms with Crippen molar-refractivity contribution < 1.29 is 4.79 Å². The van der Waals surface area contributed by atoms with Gasteiger partial charge in [0.05, 0.1) is 6.07 Å². The van der Waals surface area contributed by atoms with Crippen LogP contribution in [0.15, 0.2) is 0 Å². The Morgan fingerprint density at radius 2 is 1.92 bits per heavy atom. The smallest absolute Gasteiger partial charge is 0.265 e. The lowest BCUT2D eigenvalue weighted by Crippen LogP contribution is -2.51. The van der Waals surface area contributed by atoms with Gasteiger partial charge in [0, 0.05) is 13.1 Å². The maximum atomic E-state index is 11.1. The molecule has 0 aromatic carbocycles. The Kier molecular flexibility index (Phi) is 5.97. The summed E-state index contributed by atoms with van der Waals surface area (Å²) >= 11 is 0. The zero-order chi connectivity index (χ0) is 9.40. The van der Waals surface area contributed by atoms with Gasteiger partial charge in [-0.1, -0.05) is 13.8 Å². The predicted molar refractivity (Wildman–Crippen MR) is 44.4 cm³/mol. The summed E-state index contributed by atoms with van der Waals surface area (Å²) in [5.74, 6) is -0.263. The molecule has 0 bridgehead atoms. The standard InChI is InChI=1S/C7H14N4O/c1-3-9-11(10-4-2)7(12)5-6-8/h9-10H,3-5H2,1-2H3. The first-order chi connectivity index (χ1) is 5.76. The second kappa shape index (κ2) is 6.58. The van der Waals surface area contributed by atoms with Gasteiger partial charge in [-0.2, -0.15) is 5.26 Å². The topological polar surface area (TPSA) is 68.2 Å². The van der Waals surface area contributed by atoms with E-state index in [1.54, 1.807) is 6.07 Å². The maximum Gasteiger partial charge on any atom is 0.265 e. The van der Waals surface area contributed by atoms with Gasteiger partial charge in [0.1, 0.15) is 6.42 Å². The van der Waals surface area contributed by atoms with Gasteiger partial charge in [-0.25, -0.2) is 16.0 Å². The highest BCUT2D eigenvalue weighted by Crippen LogP contribution is 1.84. The third-order valence-electron chi connectivity index (χ3n) is 1.11. The van der Waals surface area contributed by atoms with E-state index in [0.29, 0.717) is 13.1 Å². The molecule has 0 aromatic rings. The maximum absolute atomic E-state index is 11.1. The number of carbonyl (C=O) groups excluding carboxylic acids is 1. The Morgan fingerprint density at radius 3 is 2.25 bits per heavy atom. The van der Waals surface area contributed by atoms with Crippen LogP contribution in [0.5, 0.6) is 0 Å². The average molecular weight is 170 g/mol. The van der Waals surface area contributed by atoms with Crippen LogP contribution < -0.4 is 10.9 Å². The highest BCUT2D eigenvalue weighted by molar-refractivity contribution is 5.77. The van der Waals surface area contributed by atoms with E-state index in [9.17, 15) is 4.79 Å². The second-order valence-corrected chi connectivity index (χ2v) is 2.09. The number of rotatable bonds is 5. The molecule has 0 aliphatic heterocycles. The van der Waals surface area contributed by atoms with E-state index in [1.807, 2.05) is 13.8 Å². The van der Waals surface area contributed by atoms with E-state index >= 15 is 0 Å². The Bertz CT molecular complexity index is 169. The quantitative estimate of drug-likeness (QED) is 0.560. The molecule has 0 saturated carbocycles. The third kappa shape index (κ3) is 3.91. The number of nitriles is 1. The molecule has 0 fully saturated rings. The fraction of sp³-hybridized carbons (Fsp3) is 0.714. The van der Waals surface area contributed by atoms with Gasteiger partial charge in [-0.3, -0.25) is 4.79 Å². The van der Waals surface area contributed by atoms with Crippen LogP contribution in [0.1, 0.15) is 20.3 Å². The fourth-order valence-corrected chi connectivity index (χ4v) is 0.695. The molecule has 0 aliphatic carbocycles. The highest BCUT2D eigenvalue weighted by Gasteiger charge is 2.09. The van der Waals surface area contributed by atoms with Crippen molar-refractivity contribution in [2.45, 2.75) is 20.3 Å². The van der Waals surface area contributed by atoms with Crippen molar-refractivity contribution in [2.24, 2.45) is 0 Å². The van der Waals surface area contributed by atoms with E-state index in [2.05, 4.69) is 10.9 Å². The molecule has 0 heterocycles. The van der Waals surface area contributed by atoms with Gasteiger partial charge in [0.15, 0.2) is 0 Å². The Hall–Kier alpha value is -1.12. The van der Waals surface area contributed by atoms with Crippen LogP contribution in [-0.4, -0.2) is 24.1 Å². The summed E-state index contributed by atoms with van der Waals surface area (Å²) in [5, 5.41) is 9.52. The first-order valence-corrected chi connectivity index (χ1v) is 3.93. The predicted octanol–water partition coefficient (Wildman–Crippen LogP) is -0.222. The van der Waals surface area contributed by atoms with Crippen molar-refractivity contribution in [3.8, 4) is 6.07 Å². The lowest BCUT2D eigenvalue weighted by Gasteiger charge is -2.21.